The van der Waals surface area contributed by atoms with E-state index in [9.17, 15) is 9.18 Å². The van der Waals surface area contributed by atoms with Crippen LogP contribution in [0.1, 0.15) is 67.5 Å². The summed E-state index contributed by atoms with van der Waals surface area (Å²) in [6.45, 7) is 9.55. The maximum atomic E-state index is 13.5. The van der Waals surface area contributed by atoms with Crippen LogP contribution < -0.4 is 5.32 Å². The summed E-state index contributed by atoms with van der Waals surface area (Å²) in [5.41, 5.74) is 4.40. The van der Waals surface area contributed by atoms with Gasteiger partial charge in [-0.1, -0.05) is 32.9 Å². The Labute approximate surface area is 218 Å². The summed E-state index contributed by atoms with van der Waals surface area (Å²) >= 11 is 0. The number of hydrogen-bond acceptors (Lipinski definition) is 5. The summed E-state index contributed by atoms with van der Waals surface area (Å²) < 4.78 is 13.5. The number of rotatable bonds is 5. The maximum absolute atomic E-state index is 13.5. The Hall–Kier alpha value is -3.19. The van der Waals surface area contributed by atoms with E-state index in [-0.39, 0.29) is 23.2 Å². The molecule has 1 aromatic carbocycles. The van der Waals surface area contributed by atoms with Crippen molar-refractivity contribution in [1.29, 1.82) is 0 Å². The van der Waals surface area contributed by atoms with Gasteiger partial charge in [-0.2, -0.15) is 0 Å². The molecule has 0 radical (unpaired) electrons. The molecule has 0 bridgehead atoms. The minimum Gasteiger partial charge on any atom is -0.349 e. The number of hydrogen-bond donors (Lipinski definition) is 1. The van der Waals surface area contributed by atoms with E-state index in [0.29, 0.717) is 22.7 Å². The monoisotopic (exact) mass is 501 g/mol. The van der Waals surface area contributed by atoms with Crippen LogP contribution in [-0.2, 0) is 18.3 Å². The number of carbonyl (C=O) groups excluding carboxylic acids is 1. The molecule has 0 saturated carbocycles. The van der Waals surface area contributed by atoms with Gasteiger partial charge in [0.25, 0.3) is 5.91 Å². The average molecular weight is 502 g/mol. The number of nitrogens with zero attached hydrogens (tertiary/aromatic N) is 4. The fourth-order valence-electron chi connectivity index (χ4n) is 5.34. The van der Waals surface area contributed by atoms with E-state index in [1.165, 1.54) is 29.8 Å². The molecule has 1 atom stereocenters. The van der Waals surface area contributed by atoms with Gasteiger partial charge in [-0.25, -0.2) is 14.4 Å². The summed E-state index contributed by atoms with van der Waals surface area (Å²) in [6.07, 6.45) is 8.77. The minimum absolute atomic E-state index is 0.0194. The molecule has 0 spiro atoms. The van der Waals surface area contributed by atoms with Crippen LogP contribution in [0.25, 0.3) is 11.3 Å². The van der Waals surface area contributed by atoms with Crippen molar-refractivity contribution in [3.63, 3.8) is 0 Å². The van der Waals surface area contributed by atoms with E-state index in [0.717, 1.165) is 51.1 Å². The van der Waals surface area contributed by atoms with Crippen LogP contribution in [0.3, 0.4) is 0 Å². The Morgan fingerprint density at radius 2 is 1.89 bits per heavy atom. The number of pyridine rings is 1. The zero-order chi connectivity index (χ0) is 26.0. The Morgan fingerprint density at radius 3 is 2.59 bits per heavy atom. The van der Waals surface area contributed by atoms with Gasteiger partial charge in [0, 0.05) is 54.7 Å². The van der Waals surface area contributed by atoms with Crippen LogP contribution in [0, 0.1) is 11.7 Å². The van der Waals surface area contributed by atoms with Gasteiger partial charge in [0.05, 0.1) is 11.3 Å². The number of benzene rings is 1. The summed E-state index contributed by atoms with van der Waals surface area (Å²) in [6, 6.07) is 10.0. The fourth-order valence-corrected chi connectivity index (χ4v) is 5.34. The van der Waals surface area contributed by atoms with E-state index in [1.54, 1.807) is 24.4 Å². The van der Waals surface area contributed by atoms with Gasteiger partial charge in [-0.3, -0.25) is 9.78 Å². The minimum atomic E-state index is -0.301. The average Bonchev–Trinajstić information content (AvgIpc) is 2.89. The molecule has 1 unspecified atom stereocenters. The summed E-state index contributed by atoms with van der Waals surface area (Å²) in [4.78, 5) is 29.2. The van der Waals surface area contributed by atoms with E-state index in [1.807, 2.05) is 6.07 Å². The molecule has 37 heavy (non-hydrogen) atoms. The van der Waals surface area contributed by atoms with Gasteiger partial charge in [0.1, 0.15) is 11.6 Å². The van der Waals surface area contributed by atoms with Gasteiger partial charge in [-0.15, -0.1) is 0 Å². The third kappa shape index (κ3) is 6.21. The number of carbonyl (C=O) groups is 1. The van der Waals surface area contributed by atoms with Crippen LogP contribution >= 0.6 is 0 Å². The highest BCUT2D eigenvalue weighted by atomic mass is 19.1. The molecule has 194 valence electrons. The van der Waals surface area contributed by atoms with Crippen molar-refractivity contribution in [2.45, 2.75) is 64.3 Å². The first-order chi connectivity index (χ1) is 17.7. The third-order valence-corrected chi connectivity index (χ3v) is 7.51. The molecule has 1 amide bonds. The molecular formula is C30H36FN5O. The van der Waals surface area contributed by atoms with Crippen molar-refractivity contribution in [3.05, 3.63) is 77.3 Å². The number of halogens is 1. The molecule has 1 saturated heterocycles. The Morgan fingerprint density at radius 1 is 1.08 bits per heavy atom. The van der Waals surface area contributed by atoms with E-state index in [2.05, 4.69) is 47.2 Å². The number of amides is 1. The topological polar surface area (TPSA) is 71.0 Å². The van der Waals surface area contributed by atoms with Crippen molar-refractivity contribution >= 4 is 5.91 Å². The van der Waals surface area contributed by atoms with Crippen LogP contribution in [0.5, 0.6) is 0 Å². The summed E-state index contributed by atoms with van der Waals surface area (Å²) in [5, 5.41) is 3.18. The lowest BCUT2D eigenvalue weighted by molar-refractivity contribution is 0.0903. The second kappa shape index (κ2) is 10.7. The van der Waals surface area contributed by atoms with E-state index < -0.39 is 0 Å². The standard InChI is InChI=1S/C30H36FN5O/c1-30(2,3)29-33-18-23-15-20(7-9-27(23)35-29)19-36-13-11-25(12-14-36)34-28(37)22-8-10-26(32-17-22)21-5-4-6-24(31)16-21/h4-6,8,10,16-18,20,25H,7,9,11-15,19H2,1-3H3,(H,34,37). The highest BCUT2D eigenvalue weighted by Gasteiger charge is 2.27. The number of nitrogens with one attached hydrogen (secondary N) is 1. The number of aryl methyl sites for hydroxylation is 1. The predicted octanol–water partition coefficient (Wildman–Crippen LogP) is 4.97. The van der Waals surface area contributed by atoms with Crippen molar-refractivity contribution in [3.8, 4) is 11.3 Å². The first kappa shape index (κ1) is 25.5. The fraction of sp³-hybridized carbons (Fsp3) is 0.467. The molecular weight excluding hydrogens is 465 g/mol. The zero-order valence-corrected chi connectivity index (χ0v) is 22.0. The van der Waals surface area contributed by atoms with Gasteiger partial charge >= 0.3 is 0 Å². The highest BCUT2D eigenvalue weighted by molar-refractivity contribution is 5.94. The number of likely N-dealkylation sites (tertiary alicyclic amines) is 1. The number of aromatic nitrogens is 3. The van der Waals surface area contributed by atoms with Crippen LogP contribution in [0.15, 0.2) is 48.8 Å². The lowest BCUT2D eigenvalue weighted by Gasteiger charge is -2.36. The van der Waals surface area contributed by atoms with Gasteiger partial charge in [0.15, 0.2) is 0 Å². The Kier molecular flexibility index (Phi) is 7.33. The second-order valence-electron chi connectivity index (χ2n) is 11.5. The molecule has 2 aromatic heterocycles. The quantitative estimate of drug-likeness (QED) is 0.534. The molecule has 5 rings (SSSR count). The van der Waals surface area contributed by atoms with E-state index in [4.69, 9.17) is 4.98 Å². The molecule has 3 aromatic rings. The molecule has 2 aliphatic rings. The van der Waals surface area contributed by atoms with Gasteiger partial charge < -0.3 is 10.2 Å². The van der Waals surface area contributed by atoms with Crippen molar-refractivity contribution < 1.29 is 9.18 Å². The Bertz CT molecular complexity index is 1250. The molecule has 1 aliphatic carbocycles. The lowest BCUT2D eigenvalue weighted by Crippen LogP contribution is -2.46. The predicted molar refractivity (Wildman–Crippen MR) is 143 cm³/mol. The van der Waals surface area contributed by atoms with E-state index >= 15 is 0 Å². The normalized spacial score (nSPS) is 18.9. The summed E-state index contributed by atoms with van der Waals surface area (Å²) in [5.74, 6) is 1.16. The summed E-state index contributed by atoms with van der Waals surface area (Å²) in [7, 11) is 0. The Balaban J connectivity index is 1.09. The van der Waals surface area contributed by atoms with Crippen LogP contribution in [0.4, 0.5) is 4.39 Å². The van der Waals surface area contributed by atoms with Crippen molar-refractivity contribution in [2.24, 2.45) is 5.92 Å². The van der Waals surface area contributed by atoms with Crippen molar-refractivity contribution in [2.75, 3.05) is 19.6 Å². The molecule has 1 aliphatic heterocycles. The highest BCUT2D eigenvalue weighted by Crippen LogP contribution is 2.28. The largest absolute Gasteiger partial charge is 0.349 e. The number of piperidine rings is 1. The first-order valence-electron chi connectivity index (χ1n) is 13.3. The molecule has 3 heterocycles. The van der Waals surface area contributed by atoms with Gasteiger partial charge in [0.2, 0.25) is 0 Å². The van der Waals surface area contributed by atoms with Crippen molar-refractivity contribution in [1.82, 2.24) is 25.2 Å². The maximum Gasteiger partial charge on any atom is 0.253 e. The number of fused-ring (bicyclic) bond motifs is 1. The SMILES string of the molecule is CC(C)(C)c1ncc2c(n1)CCC(CN1CCC(NC(=O)c3ccc(-c4cccc(F)c4)nc3)CC1)C2. The molecule has 1 fully saturated rings. The van der Waals surface area contributed by atoms with Crippen LogP contribution in [-0.4, -0.2) is 51.4 Å². The lowest BCUT2D eigenvalue weighted by atomic mass is 9.86. The van der Waals surface area contributed by atoms with Gasteiger partial charge in [-0.05, 0) is 67.9 Å². The van der Waals surface area contributed by atoms with Crippen LogP contribution in [0.2, 0.25) is 0 Å². The smallest absolute Gasteiger partial charge is 0.253 e. The second-order valence-corrected chi connectivity index (χ2v) is 11.5. The zero-order valence-electron chi connectivity index (χ0n) is 22.0. The third-order valence-electron chi connectivity index (χ3n) is 7.51. The molecule has 1 N–H and O–H groups in total. The first-order valence-corrected chi connectivity index (χ1v) is 13.3. The molecule has 7 heteroatoms. The molecule has 6 nitrogen and oxygen atoms in total.